The van der Waals surface area contributed by atoms with Gasteiger partial charge in [-0.3, -0.25) is 4.79 Å². The molecule has 0 saturated heterocycles. The first kappa shape index (κ1) is 17.0. The second-order valence-electron chi connectivity index (χ2n) is 5.73. The van der Waals surface area contributed by atoms with Gasteiger partial charge in [-0.05, 0) is 49.6 Å². The molecule has 2 aromatic carbocycles. The first-order valence-electron chi connectivity index (χ1n) is 7.67. The van der Waals surface area contributed by atoms with Gasteiger partial charge in [0.2, 0.25) is 5.91 Å². The van der Waals surface area contributed by atoms with Crippen molar-refractivity contribution in [2.75, 3.05) is 13.2 Å². The van der Waals surface area contributed by atoms with Gasteiger partial charge in [0.05, 0.1) is 13.0 Å². The first-order valence-corrected chi connectivity index (χ1v) is 7.67. The highest BCUT2D eigenvalue weighted by Gasteiger charge is 2.06. The standard InChI is InChI=1S/C19H22FNO2/c1-13-10-14(2)19(15(3)11-13)23-9-8-21-18(22)12-16-4-6-17(20)7-5-16/h4-7,10-11H,8-9,12H2,1-3H3,(H,21,22). The number of carbonyl (C=O) groups is 1. The number of aryl methyl sites for hydroxylation is 3. The first-order chi connectivity index (χ1) is 11.0. The zero-order chi connectivity index (χ0) is 16.8. The van der Waals surface area contributed by atoms with E-state index in [1.54, 1.807) is 12.1 Å². The summed E-state index contributed by atoms with van der Waals surface area (Å²) in [4.78, 5) is 11.8. The molecule has 0 unspecified atom stereocenters. The summed E-state index contributed by atoms with van der Waals surface area (Å²) in [7, 11) is 0. The highest BCUT2D eigenvalue weighted by atomic mass is 19.1. The molecule has 0 aromatic heterocycles. The van der Waals surface area contributed by atoms with Gasteiger partial charge in [0.1, 0.15) is 18.2 Å². The summed E-state index contributed by atoms with van der Waals surface area (Å²) in [6.45, 7) is 6.94. The van der Waals surface area contributed by atoms with Crippen molar-refractivity contribution in [3.05, 3.63) is 64.5 Å². The number of rotatable bonds is 6. The molecular formula is C19H22FNO2. The summed E-state index contributed by atoms with van der Waals surface area (Å²) in [6, 6.07) is 10.1. The average molecular weight is 315 g/mol. The molecule has 4 heteroatoms. The monoisotopic (exact) mass is 315 g/mol. The number of halogens is 1. The minimum atomic E-state index is -0.300. The van der Waals surface area contributed by atoms with E-state index in [0.29, 0.717) is 13.2 Å². The Morgan fingerprint density at radius 2 is 1.70 bits per heavy atom. The van der Waals surface area contributed by atoms with Crippen molar-refractivity contribution < 1.29 is 13.9 Å². The van der Waals surface area contributed by atoms with Gasteiger partial charge in [-0.2, -0.15) is 0 Å². The Labute approximate surface area is 136 Å². The fraction of sp³-hybridized carbons (Fsp3) is 0.316. The van der Waals surface area contributed by atoms with E-state index in [4.69, 9.17) is 4.74 Å². The molecule has 0 atom stereocenters. The van der Waals surface area contributed by atoms with Gasteiger partial charge in [-0.15, -0.1) is 0 Å². The number of hydrogen-bond acceptors (Lipinski definition) is 2. The maximum absolute atomic E-state index is 12.8. The van der Waals surface area contributed by atoms with Crippen LogP contribution in [0.15, 0.2) is 36.4 Å². The van der Waals surface area contributed by atoms with Crippen LogP contribution in [0.5, 0.6) is 5.75 Å². The van der Waals surface area contributed by atoms with Crippen LogP contribution in [0, 0.1) is 26.6 Å². The third-order valence-corrected chi connectivity index (χ3v) is 3.55. The Kier molecular flexibility index (Phi) is 5.74. The fourth-order valence-corrected chi connectivity index (χ4v) is 2.59. The molecular weight excluding hydrogens is 293 g/mol. The van der Waals surface area contributed by atoms with Crippen LogP contribution in [0.3, 0.4) is 0 Å². The van der Waals surface area contributed by atoms with Crippen LogP contribution in [0.2, 0.25) is 0 Å². The van der Waals surface area contributed by atoms with Gasteiger partial charge in [0.15, 0.2) is 0 Å². The van der Waals surface area contributed by atoms with E-state index in [9.17, 15) is 9.18 Å². The molecule has 1 amide bonds. The van der Waals surface area contributed by atoms with Crippen LogP contribution in [-0.2, 0) is 11.2 Å². The molecule has 3 nitrogen and oxygen atoms in total. The van der Waals surface area contributed by atoms with E-state index in [-0.39, 0.29) is 18.1 Å². The van der Waals surface area contributed by atoms with Gasteiger partial charge in [0.25, 0.3) is 0 Å². The molecule has 1 N–H and O–H groups in total. The number of carbonyl (C=O) groups excluding carboxylic acids is 1. The van der Waals surface area contributed by atoms with Gasteiger partial charge in [-0.1, -0.05) is 29.8 Å². The highest BCUT2D eigenvalue weighted by Crippen LogP contribution is 2.24. The van der Waals surface area contributed by atoms with E-state index < -0.39 is 0 Å². The van der Waals surface area contributed by atoms with E-state index in [1.165, 1.54) is 17.7 Å². The normalized spacial score (nSPS) is 10.4. The number of nitrogens with one attached hydrogen (secondary N) is 1. The van der Waals surface area contributed by atoms with Crippen LogP contribution in [0.4, 0.5) is 4.39 Å². The molecule has 2 aromatic rings. The lowest BCUT2D eigenvalue weighted by Gasteiger charge is -2.13. The van der Waals surface area contributed by atoms with Crippen molar-refractivity contribution in [2.45, 2.75) is 27.2 Å². The van der Waals surface area contributed by atoms with Gasteiger partial charge < -0.3 is 10.1 Å². The van der Waals surface area contributed by atoms with E-state index in [2.05, 4.69) is 24.4 Å². The quantitative estimate of drug-likeness (QED) is 0.829. The molecule has 0 aliphatic carbocycles. The number of hydrogen-bond donors (Lipinski definition) is 1. The summed E-state index contributed by atoms with van der Waals surface area (Å²) < 4.78 is 18.6. The molecule has 0 fully saturated rings. The summed E-state index contributed by atoms with van der Waals surface area (Å²) in [5, 5.41) is 2.81. The molecule has 0 aliphatic heterocycles. The molecule has 0 aliphatic rings. The topological polar surface area (TPSA) is 38.3 Å². The second-order valence-corrected chi connectivity index (χ2v) is 5.73. The largest absolute Gasteiger partial charge is 0.491 e. The van der Waals surface area contributed by atoms with Crippen molar-refractivity contribution >= 4 is 5.91 Å². The maximum atomic E-state index is 12.8. The molecule has 0 heterocycles. The minimum absolute atomic E-state index is 0.0995. The van der Waals surface area contributed by atoms with Crippen molar-refractivity contribution in [3.8, 4) is 5.75 Å². The van der Waals surface area contributed by atoms with Gasteiger partial charge in [0, 0.05) is 0 Å². The van der Waals surface area contributed by atoms with Crippen molar-refractivity contribution in [2.24, 2.45) is 0 Å². The Morgan fingerprint density at radius 3 is 2.30 bits per heavy atom. The van der Waals surface area contributed by atoms with E-state index in [0.717, 1.165) is 22.4 Å². The Bertz CT molecular complexity index is 657. The molecule has 0 radical (unpaired) electrons. The lowest BCUT2D eigenvalue weighted by molar-refractivity contribution is -0.120. The molecule has 122 valence electrons. The predicted molar refractivity (Wildman–Crippen MR) is 89.3 cm³/mol. The van der Waals surface area contributed by atoms with E-state index in [1.807, 2.05) is 13.8 Å². The summed E-state index contributed by atoms with van der Waals surface area (Å²) >= 11 is 0. The van der Waals surface area contributed by atoms with Crippen LogP contribution in [0.1, 0.15) is 22.3 Å². The SMILES string of the molecule is Cc1cc(C)c(OCCNC(=O)Cc2ccc(F)cc2)c(C)c1. The Balaban J connectivity index is 1.77. The van der Waals surface area contributed by atoms with Crippen LogP contribution in [0.25, 0.3) is 0 Å². The van der Waals surface area contributed by atoms with Crippen molar-refractivity contribution in [1.29, 1.82) is 0 Å². The Morgan fingerprint density at radius 1 is 1.09 bits per heavy atom. The van der Waals surface area contributed by atoms with Gasteiger partial charge >= 0.3 is 0 Å². The molecule has 0 bridgehead atoms. The molecule has 2 rings (SSSR count). The number of benzene rings is 2. The zero-order valence-corrected chi connectivity index (χ0v) is 13.8. The highest BCUT2D eigenvalue weighted by molar-refractivity contribution is 5.78. The third-order valence-electron chi connectivity index (χ3n) is 3.55. The fourth-order valence-electron chi connectivity index (χ4n) is 2.59. The molecule has 23 heavy (non-hydrogen) atoms. The van der Waals surface area contributed by atoms with Crippen LogP contribution >= 0.6 is 0 Å². The lowest BCUT2D eigenvalue weighted by Crippen LogP contribution is -2.29. The van der Waals surface area contributed by atoms with Crippen LogP contribution < -0.4 is 10.1 Å². The van der Waals surface area contributed by atoms with E-state index >= 15 is 0 Å². The lowest BCUT2D eigenvalue weighted by atomic mass is 10.1. The number of ether oxygens (including phenoxy) is 1. The summed E-state index contributed by atoms with van der Waals surface area (Å²) in [5.74, 6) is 0.479. The Hall–Kier alpha value is -2.36. The van der Waals surface area contributed by atoms with Crippen molar-refractivity contribution in [3.63, 3.8) is 0 Å². The summed E-state index contributed by atoms with van der Waals surface area (Å²) in [5.41, 5.74) is 4.19. The predicted octanol–water partition coefficient (Wildman–Crippen LogP) is 3.49. The van der Waals surface area contributed by atoms with Crippen LogP contribution in [-0.4, -0.2) is 19.1 Å². The maximum Gasteiger partial charge on any atom is 0.224 e. The second kappa shape index (κ2) is 7.77. The smallest absolute Gasteiger partial charge is 0.224 e. The molecule has 0 spiro atoms. The van der Waals surface area contributed by atoms with Gasteiger partial charge in [-0.25, -0.2) is 4.39 Å². The van der Waals surface area contributed by atoms with Crippen molar-refractivity contribution in [1.82, 2.24) is 5.32 Å². The average Bonchev–Trinajstić information content (AvgIpc) is 2.48. The number of amides is 1. The third kappa shape index (κ3) is 5.09. The molecule has 0 saturated carbocycles. The zero-order valence-electron chi connectivity index (χ0n) is 13.8. The summed E-state index contributed by atoms with van der Waals surface area (Å²) in [6.07, 6.45) is 0.239. The minimum Gasteiger partial charge on any atom is -0.491 e.